The first kappa shape index (κ1) is 18.4. The van der Waals surface area contributed by atoms with Crippen molar-refractivity contribution in [3.05, 3.63) is 40.3 Å². The van der Waals surface area contributed by atoms with Crippen molar-refractivity contribution in [2.45, 2.75) is 26.3 Å². The molecule has 0 saturated heterocycles. The Morgan fingerprint density at radius 2 is 2.27 bits per heavy atom. The topological polar surface area (TPSA) is 77.2 Å². The molecular weight excluding hydrogens is 322 g/mol. The third-order valence-corrected chi connectivity index (χ3v) is 3.69. The fraction of sp³-hybridized carbons (Fsp3) is 0.333. The number of aromatic nitrogens is 1. The van der Waals surface area contributed by atoms with Crippen molar-refractivity contribution in [3.8, 4) is 5.75 Å². The molecule has 2 rings (SSSR count). The molecule has 5 nitrogen and oxygen atoms in total. The molecule has 0 bridgehead atoms. The maximum absolute atomic E-state index is 12.1. The van der Waals surface area contributed by atoms with Gasteiger partial charge in [-0.1, -0.05) is 19.4 Å². The number of thiazole rings is 1. The van der Waals surface area contributed by atoms with Gasteiger partial charge in [0.2, 0.25) is 0 Å². The lowest BCUT2D eigenvalue weighted by Crippen LogP contribution is -2.12. The van der Waals surface area contributed by atoms with Crippen LogP contribution in [0.3, 0.4) is 0 Å². The summed E-state index contributed by atoms with van der Waals surface area (Å²) in [7, 11) is 0. The number of rotatable bonds is 7. The number of hydrogen-bond donors (Lipinski definition) is 2. The van der Waals surface area contributed by atoms with Gasteiger partial charge >= 0.3 is 0 Å². The zero-order valence-electron chi connectivity index (χ0n) is 12.4. The van der Waals surface area contributed by atoms with Crippen LogP contribution in [-0.4, -0.2) is 17.5 Å². The van der Waals surface area contributed by atoms with Crippen LogP contribution in [-0.2, 0) is 6.54 Å². The second-order valence-corrected chi connectivity index (χ2v) is 5.46. The van der Waals surface area contributed by atoms with E-state index in [0.29, 0.717) is 24.5 Å². The third-order valence-electron chi connectivity index (χ3n) is 2.82. The summed E-state index contributed by atoms with van der Waals surface area (Å²) in [6.07, 6.45) is 2.10. The van der Waals surface area contributed by atoms with Gasteiger partial charge in [0.25, 0.3) is 5.91 Å². The quantitative estimate of drug-likeness (QED) is 0.756. The summed E-state index contributed by atoms with van der Waals surface area (Å²) < 4.78 is 5.61. The highest BCUT2D eigenvalue weighted by molar-refractivity contribution is 7.09. The highest BCUT2D eigenvalue weighted by Crippen LogP contribution is 2.19. The van der Waals surface area contributed by atoms with E-state index >= 15 is 0 Å². The highest BCUT2D eigenvalue weighted by atomic mass is 35.5. The number of anilines is 1. The number of nitrogens with zero attached hydrogens (tertiary/aromatic N) is 1. The SMILES string of the molecule is CCCCOc1cccc(NC(=O)c2csc(CN)n2)c1.Cl. The van der Waals surface area contributed by atoms with Crippen LogP contribution in [0.5, 0.6) is 5.75 Å². The average Bonchev–Trinajstić information content (AvgIpc) is 2.97. The molecule has 0 aliphatic heterocycles. The molecule has 1 heterocycles. The van der Waals surface area contributed by atoms with Crippen LogP contribution >= 0.6 is 23.7 Å². The van der Waals surface area contributed by atoms with Crippen LogP contribution in [0.25, 0.3) is 0 Å². The van der Waals surface area contributed by atoms with Gasteiger partial charge in [-0.3, -0.25) is 4.79 Å². The number of hydrogen-bond acceptors (Lipinski definition) is 5. The van der Waals surface area contributed by atoms with E-state index in [4.69, 9.17) is 10.5 Å². The van der Waals surface area contributed by atoms with Crippen LogP contribution in [0.15, 0.2) is 29.6 Å². The molecule has 1 amide bonds. The standard InChI is InChI=1S/C15H19N3O2S.ClH/c1-2-3-7-20-12-6-4-5-11(8-12)17-15(19)13-10-21-14(9-16)18-13;/h4-6,8,10H,2-3,7,9,16H2,1H3,(H,17,19);1H. The molecule has 2 aromatic rings. The summed E-state index contributed by atoms with van der Waals surface area (Å²) in [6.45, 7) is 3.14. The maximum Gasteiger partial charge on any atom is 0.275 e. The lowest BCUT2D eigenvalue weighted by atomic mass is 10.3. The van der Waals surface area contributed by atoms with Gasteiger partial charge in [-0.15, -0.1) is 23.7 Å². The summed E-state index contributed by atoms with van der Waals surface area (Å²) in [5, 5.41) is 5.27. The Balaban J connectivity index is 0.00000242. The fourth-order valence-corrected chi connectivity index (χ4v) is 2.36. The second kappa shape index (κ2) is 9.40. The largest absolute Gasteiger partial charge is 0.494 e. The van der Waals surface area contributed by atoms with E-state index in [1.165, 1.54) is 11.3 Å². The molecule has 0 atom stereocenters. The Morgan fingerprint density at radius 1 is 1.45 bits per heavy atom. The number of benzene rings is 1. The minimum Gasteiger partial charge on any atom is -0.494 e. The van der Waals surface area contributed by atoms with E-state index in [1.54, 1.807) is 5.38 Å². The molecule has 0 spiro atoms. The van der Waals surface area contributed by atoms with Crippen molar-refractivity contribution in [2.24, 2.45) is 5.73 Å². The van der Waals surface area contributed by atoms with Crippen LogP contribution < -0.4 is 15.8 Å². The molecule has 3 N–H and O–H groups in total. The van der Waals surface area contributed by atoms with Crippen LogP contribution in [0, 0.1) is 0 Å². The van der Waals surface area contributed by atoms with Crippen molar-refractivity contribution >= 4 is 35.3 Å². The Morgan fingerprint density at radius 3 is 2.95 bits per heavy atom. The average molecular weight is 342 g/mol. The van der Waals surface area contributed by atoms with Crippen molar-refractivity contribution in [3.63, 3.8) is 0 Å². The second-order valence-electron chi connectivity index (χ2n) is 4.51. The number of halogens is 1. The van der Waals surface area contributed by atoms with Crippen molar-refractivity contribution in [2.75, 3.05) is 11.9 Å². The Labute approximate surface area is 140 Å². The van der Waals surface area contributed by atoms with Crippen molar-refractivity contribution in [1.82, 2.24) is 4.98 Å². The van der Waals surface area contributed by atoms with E-state index in [1.807, 2.05) is 24.3 Å². The third kappa shape index (κ3) is 5.29. The normalized spacial score (nSPS) is 9.91. The van der Waals surface area contributed by atoms with Crippen LogP contribution in [0.1, 0.15) is 35.3 Å². The van der Waals surface area contributed by atoms with Gasteiger partial charge in [-0.05, 0) is 18.6 Å². The highest BCUT2D eigenvalue weighted by Gasteiger charge is 2.10. The number of nitrogens with two attached hydrogens (primary N) is 1. The summed E-state index contributed by atoms with van der Waals surface area (Å²) in [6, 6.07) is 7.36. The van der Waals surface area contributed by atoms with Gasteiger partial charge in [0.15, 0.2) is 0 Å². The molecule has 0 unspecified atom stereocenters. The van der Waals surface area contributed by atoms with Crippen LogP contribution in [0.2, 0.25) is 0 Å². The Bertz CT molecular complexity index is 604. The molecule has 120 valence electrons. The van der Waals surface area contributed by atoms with Gasteiger partial charge in [0.1, 0.15) is 16.5 Å². The van der Waals surface area contributed by atoms with Gasteiger partial charge in [-0.2, -0.15) is 0 Å². The summed E-state index contributed by atoms with van der Waals surface area (Å²) in [5.74, 6) is 0.513. The number of amides is 1. The molecule has 22 heavy (non-hydrogen) atoms. The van der Waals surface area contributed by atoms with E-state index in [9.17, 15) is 4.79 Å². The summed E-state index contributed by atoms with van der Waals surface area (Å²) >= 11 is 1.38. The number of ether oxygens (including phenoxy) is 1. The maximum atomic E-state index is 12.1. The molecule has 1 aromatic carbocycles. The molecular formula is C15H20ClN3O2S. The van der Waals surface area contributed by atoms with Crippen LogP contribution in [0.4, 0.5) is 5.69 Å². The fourth-order valence-electron chi connectivity index (χ4n) is 1.70. The van der Waals surface area contributed by atoms with E-state index in [-0.39, 0.29) is 18.3 Å². The smallest absolute Gasteiger partial charge is 0.275 e. The van der Waals surface area contributed by atoms with Gasteiger partial charge in [-0.25, -0.2) is 4.98 Å². The minimum absolute atomic E-state index is 0. The first-order chi connectivity index (χ1) is 10.2. The van der Waals surface area contributed by atoms with Gasteiger partial charge in [0.05, 0.1) is 6.61 Å². The van der Waals surface area contributed by atoms with Gasteiger partial charge < -0.3 is 15.8 Å². The molecule has 1 aromatic heterocycles. The monoisotopic (exact) mass is 341 g/mol. The molecule has 0 aliphatic carbocycles. The Kier molecular flexibility index (Phi) is 7.87. The zero-order chi connectivity index (χ0) is 15.1. The first-order valence-electron chi connectivity index (χ1n) is 6.91. The zero-order valence-corrected chi connectivity index (χ0v) is 14.0. The predicted molar refractivity (Wildman–Crippen MR) is 92.1 cm³/mol. The molecule has 0 radical (unpaired) electrons. The number of carbonyl (C=O) groups excluding carboxylic acids is 1. The molecule has 0 fully saturated rings. The first-order valence-corrected chi connectivity index (χ1v) is 7.79. The van der Waals surface area contributed by atoms with E-state index < -0.39 is 0 Å². The number of nitrogens with one attached hydrogen (secondary N) is 1. The van der Waals surface area contributed by atoms with Gasteiger partial charge in [0, 0.05) is 23.7 Å². The molecule has 0 saturated carbocycles. The lowest BCUT2D eigenvalue weighted by molar-refractivity contribution is 0.102. The van der Waals surface area contributed by atoms with Crippen molar-refractivity contribution in [1.29, 1.82) is 0 Å². The Hall–Kier alpha value is -1.63. The summed E-state index contributed by atoms with van der Waals surface area (Å²) in [5.41, 5.74) is 6.57. The van der Waals surface area contributed by atoms with E-state index in [2.05, 4.69) is 17.2 Å². The predicted octanol–water partition coefficient (Wildman–Crippen LogP) is 3.45. The van der Waals surface area contributed by atoms with Crippen molar-refractivity contribution < 1.29 is 9.53 Å². The molecule has 0 aliphatic rings. The number of carbonyl (C=O) groups is 1. The lowest BCUT2D eigenvalue weighted by Gasteiger charge is -2.08. The van der Waals surface area contributed by atoms with E-state index in [0.717, 1.165) is 23.6 Å². The minimum atomic E-state index is -0.239. The summed E-state index contributed by atoms with van der Waals surface area (Å²) in [4.78, 5) is 16.2. The number of unbranched alkanes of at least 4 members (excludes halogenated alkanes) is 1. The molecule has 7 heteroatoms.